The minimum atomic E-state index is -4.41. The van der Waals surface area contributed by atoms with E-state index in [9.17, 15) is 13.2 Å². The molecule has 2 aromatic rings. The molecule has 19 heavy (non-hydrogen) atoms. The predicted octanol–water partition coefficient (Wildman–Crippen LogP) is 3.83. The highest BCUT2D eigenvalue weighted by atomic mass is 32.1. The number of rotatable bonds is 2. The first-order valence-corrected chi connectivity index (χ1v) is 6.47. The van der Waals surface area contributed by atoms with Crippen LogP contribution in [0.5, 0.6) is 0 Å². The molecule has 0 saturated carbocycles. The second kappa shape index (κ2) is 4.94. The van der Waals surface area contributed by atoms with Crippen molar-refractivity contribution in [2.24, 2.45) is 5.73 Å². The number of hydrogen-bond acceptors (Lipinski definition) is 3. The first-order chi connectivity index (χ1) is 8.80. The van der Waals surface area contributed by atoms with Crippen LogP contribution in [0.25, 0.3) is 0 Å². The Morgan fingerprint density at radius 2 is 1.79 bits per heavy atom. The highest BCUT2D eigenvalue weighted by Gasteiger charge is 2.35. The third-order valence-corrected chi connectivity index (χ3v) is 4.05. The Labute approximate surface area is 113 Å². The van der Waals surface area contributed by atoms with Crippen LogP contribution in [0.3, 0.4) is 0 Å². The summed E-state index contributed by atoms with van der Waals surface area (Å²) in [5.41, 5.74) is 8.87. The highest BCUT2D eigenvalue weighted by Crippen LogP contribution is 2.36. The number of aromatic nitrogens is 1. The van der Waals surface area contributed by atoms with Gasteiger partial charge < -0.3 is 5.73 Å². The zero-order valence-electron chi connectivity index (χ0n) is 10.5. The third-order valence-electron chi connectivity index (χ3n) is 2.93. The second-order valence-electron chi connectivity index (χ2n) is 4.35. The highest BCUT2D eigenvalue weighted by molar-refractivity contribution is 7.11. The van der Waals surface area contributed by atoms with Gasteiger partial charge in [0.25, 0.3) is 0 Å². The summed E-state index contributed by atoms with van der Waals surface area (Å²) < 4.78 is 37.6. The molecule has 2 rings (SSSR count). The number of benzene rings is 1. The number of alkyl halides is 3. The van der Waals surface area contributed by atoms with E-state index >= 15 is 0 Å². The Balaban J connectivity index is 2.40. The summed E-state index contributed by atoms with van der Waals surface area (Å²) >= 11 is 0.599. The van der Waals surface area contributed by atoms with Crippen molar-refractivity contribution >= 4 is 11.3 Å². The van der Waals surface area contributed by atoms with Gasteiger partial charge in [0, 0.05) is 11.1 Å². The van der Waals surface area contributed by atoms with Crippen molar-refractivity contribution < 1.29 is 13.2 Å². The minimum Gasteiger partial charge on any atom is -0.320 e. The molecule has 102 valence electrons. The number of nitrogens with zero attached hydrogens (tertiary/aromatic N) is 1. The van der Waals surface area contributed by atoms with Gasteiger partial charge in [-0.25, -0.2) is 4.98 Å². The van der Waals surface area contributed by atoms with E-state index < -0.39 is 17.2 Å². The number of nitrogens with two attached hydrogens (primary N) is 1. The zero-order chi connectivity index (χ0) is 14.2. The van der Waals surface area contributed by atoms with Crippen LogP contribution in [-0.2, 0) is 6.18 Å². The summed E-state index contributed by atoms with van der Waals surface area (Å²) in [5, 5.41) is -0.857. The normalized spacial score (nSPS) is 13.6. The molecule has 0 aliphatic rings. The van der Waals surface area contributed by atoms with E-state index in [2.05, 4.69) is 4.98 Å². The van der Waals surface area contributed by atoms with Gasteiger partial charge in [-0.3, -0.25) is 0 Å². The standard InChI is InChI=1S/C13H13F3N2S/c1-7-4-3-5-8(2)10(7)11(17)9-6-18-12(19-9)13(14,15)16/h3-6,11H,17H2,1-2H3. The van der Waals surface area contributed by atoms with Gasteiger partial charge in [-0.1, -0.05) is 18.2 Å². The first kappa shape index (κ1) is 14.0. The lowest BCUT2D eigenvalue weighted by Crippen LogP contribution is -2.13. The van der Waals surface area contributed by atoms with Crippen molar-refractivity contribution in [1.29, 1.82) is 0 Å². The van der Waals surface area contributed by atoms with Gasteiger partial charge in [-0.15, -0.1) is 11.3 Å². The van der Waals surface area contributed by atoms with Crippen molar-refractivity contribution in [3.63, 3.8) is 0 Å². The van der Waals surface area contributed by atoms with E-state index in [1.54, 1.807) is 0 Å². The molecular formula is C13H13F3N2S. The Morgan fingerprint density at radius 3 is 2.26 bits per heavy atom. The number of hydrogen-bond donors (Lipinski definition) is 1. The van der Waals surface area contributed by atoms with E-state index in [0.717, 1.165) is 16.7 Å². The molecule has 6 heteroatoms. The maximum absolute atomic E-state index is 12.5. The van der Waals surface area contributed by atoms with Crippen LogP contribution in [0, 0.1) is 13.8 Å². The molecule has 0 aliphatic heterocycles. The van der Waals surface area contributed by atoms with E-state index in [4.69, 9.17) is 5.73 Å². The number of thiazole rings is 1. The Bertz CT molecular complexity index is 570. The minimum absolute atomic E-state index is 0.421. The van der Waals surface area contributed by atoms with Gasteiger partial charge in [0.2, 0.25) is 0 Å². The molecule has 2 N–H and O–H groups in total. The van der Waals surface area contributed by atoms with Gasteiger partial charge in [0.15, 0.2) is 5.01 Å². The first-order valence-electron chi connectivity index (χ1n) is 5.65. The monoisotopic (exact) mass is 286 g/mol. The van der Waals surface area contributed by atoms with Crippen molar-refractivity contribution in [1.82, 2.24) is 4.98 Å². The SMILES string of the molecule is Cc1cccc(C)c1C(N)c1cnc(C(F)(F)F)s1. The maximum atomic E-state index is 12.5. The molecule has 0 fully saturated rings. The van der Waals surface area contributed by atoms with Crippen LogP contribution < -0.4 is 5.73 Å². The Kier molecular flexibility index (Phi) is 3.64. The summed E-state index contributed by atoms with van der Waals surface area (Å²) in [6, 6.07) is 5.12. The van der Waals surface area contributed by atoms with Crippen LogP contribution in [0.2, 0.25) is 0 Å². The third kappa shape index (κ3) is 2.79. The van der Waals surface area contributed by atoms with Crippen molar-refractivity contribution in [3.05, 3.63) is 51.0 Å². The molecule has 1 atom stereocenters. The molecule has 1 aromatic heterocycles. The molecule has 0 bridgehead atoms. The summed E-state index contributed by atoms with van der Waals surface area (Å²) in [6.07, 6.45) is -3.20. The largest absolute Gasteiger partial charge is 0.443 e. The van der Waals surface area contributed by atoms with Gasteiger partial charge in [0.05, 0.1) is 6.04 Å². The molecule has 0 aliphatic carbocycles. The quantitative estimate of drug-likeness (QED) is 0.911. The zero-order valence-corrected chi connectivity index (χ0v) is 11.3. The molecule has 1 unspecified atom stereocenters. The van der Waals surface area contributed by atoms with Crippen LogP contribution in [-0.4, -0.2) is 4.98 Å². The van der Waals surface area contributed by atoms with Crippen LogP contribution in [0.1, 0.15) is 32.6 Å². The van der Waals surface area contributed by atoms with Crippen molar-refractivity contribution in [2.45, 2.75) is 26.1 Å². The molecule has 0 radical (unpaired) electrons. The molecule has 0 spiro atoms. The van der Waals surface area contributed by atoms with Crippen LogP contribution >= 0.6 is 11.3 Å². The lowest BCUT2D eigenvalue weighted by atomic mass is 9.96. The molecule has 0 saturated heterocycles. The lowest BCUT2D eigenvalue weighted by Gasteiger charge is -2.15. The number of aryl methyl sites for hydroxylation is 2. The van der Waals surface area contributed by atoms with E-state index in [1.807, 2.05) is 32.0 Å². The number of halogens is 3. The smallest absolute Gasteiger partial charge is 0.320 e. The summed E-state index contributed by atoms with van der Waals surface area (Å²) in [4.78, 5) is 3.83. The van der Waals surface area contributed by atoms with Crippen molar-refractivity contribution in [3.8, 4) is 0 Å². The summed E-state index contributed by atoms with van der Waals surface area (Å²) in [5.74, 6) is 0. The van der Waals surface area contributed by atoms with Crippen LogP contribution in [0.4, 0.5) is 13.2 Å². The van der Waals surface area contributed by atoms with Crippen molar-refractivity contribution in [2.75, 3.05) is 0 Å². The lowest BCUT2D eigenvalue weighted by molar-refractivity contribution is -0.137. The van der Waals surface area contributed by atoms with Gasteiger partial charge in [0.1, 0.15) is 0 Å². The summed E-state index contributed by atoms with van der Waals surface area (Å²) in [6.45, 7) is 3.79. The molecule has 1 aromatic carbocycles. The fourth-order valence-corrected chi connectivity index (χ4v) is 2.82. The van der Waals surface area contributed by atoms with Gasteiger partial charge in [-0.05, 0) is 30.5 Å². The summed E-state index contributed by atoms with van der Waals surface area (Å²) in [7, 11) is 0. The second-order valence-corrected chi connectivity index (χ2v) is 5.41. The fourth-order valence-electron chi connectivity index (χ4n) is 2.02. The molecular weight excluding hydrogens is 273 g/mol. The Morgan fingerprint density at radius 1 is 1.21 bits per heavy atom. The molecule has 0 amide bonds. The Hall–Kier alpha value is -1.40. The topological polar surface area (TPSA) is 38.9 Å². The van der Waals surface area contributed by atoms with E-state index in [0.29, 0.717) is 16.2 Å². The van der Waals surface area contributed by atoms with Gasteiger partial charge >= 0.3 is 6.18 Å². The predicted molar refractivity (Wildman–Crippen MR) is 69.1 cm³/mol. The fraction of sp³-hybridized carbons (Fsp3) is 0.308. The van der Waals surface area contributed by atoms with Gasteiger partial charge in [-0.2, -0.15) is 13.2 Å². The average molecular weight is 286 g/mol. The van der Waals surface area contributed by atoms with E-state index in [1.165, 1.54) is 6.20 Å². The molecule has 2 nitrogen and oxygen atoms in total. The maximum Gasteiger partial charge on any atom is 0.443 e. The van der Waals surface area contributed by atoms with E-state index in [-0.39, 0.29) is 0 Å². The van der Waals surface area contributed by atoms with Crippen LogP contribution in [0.15, 0.2) is 24.4 Å². The molecule has 1 heterocycles. The average Bonchev–Trinajstić information content (AvgIpc) is 2.77.